The third-order valence-corrected chi connectivity index (χ3v) is 1.58. The molecule has 1 nitrogen and oxygen atoms in total. The summed E-state index contributed by atoms with van der Waals surface area (Å²) < 4.78 is 0. The molecule has 1 aromatic carbocycles. The van der Waals surface area contributed by atoms with E-state index in [1.54, 1.807) is 0 Å². The number of aryl methyl sites for hydroxylation is 1. The topological polar surface area (TPSA) is 17.1 Å². The van der Waals surface area contributed by atoms with E-state index in [0.29, 0.717) is 5.88 Å². The molecule has 0 N–H and O–H groups in total. The average Bonchev–Trinajstić information content (AvgIpc) is 2.07. The molecular formula is C9H10Cl2O. The molecule has 0 aliphatic carbocycles. The maximum Gasteiger partial charge on any atom is 0.208 e. The Morgan fingerprint density at radius 2 is 1.75 bits per heavy atom. The van der Waals surface area contributed by atoms with E-state index in [1.165, 1.54) is 11.1 Å². The highest BCUT2D eigenvalue weighted by molar-refractivity contribution is 6.54. The summed E-state index contributed by atoms with van der Waals surface area (Å²) in [5.41, 5.74) is 2.46. The van der Waals surface area contributed by atoms with Crippen LogP contribution in [0.2, 0.25) is 0 Å². The smallest absolute Gasteiger partial charge is 0.208 e. The molecule has 0 atom stereocenters. The van der Waals surface area contributed by atoms with Gasteiger partial charge >= 0.3 is 0 Å². The molecule has 3 heteroatoms. The van der Waals surface area contributed by atoms with Crippen molar-refractivity contribution < 1.29 is 4.79 Å². The van der Waals surface area contributed by atoms with Gasteiger partial charge in [0.15, 0.2) is 0 Å². The second kappa shape index (κ2) is 7.14. The molecule has 0 saturated carbocycles. The van der Waals surface area contributed by atoms with Crippen molar-refractivity contribution in [1.29, 1.82) is 0 Å². The van der Waals surface area contributed by atoms with E-state index < -0.39 is 0 Å². The van der Waals surface area contributed by atoms with Crippen molar-refractivity contribution in [3.8, 4) is 0 Å². The fourth-order valence-electron chi connectivity index (χ4n) is 0.677. The Labute approximate surface area is 82.3 Å². The highest BCUT2D eigenvalue weighted by Crippen LogP contribution is 2.04. The molecule has 0 unspecified atom stereocenters. The summed E-state index contributed by atoms with van der Waals surface area (Å²) >= 11 is 9.90. The summed E-state index contributed by atoms with van der Waals surface area (Å²) in [5, 5.41) is 0. The average molecular weight is 205 g/mol. The van der Waals surface area contributed by atoms with Gasteiger partial charge < -0.3 is 0 Å². The number of carbonyl (C=O) groups is 1. The molecule has 0 amide bonds. The maximum atomic E-state index is 8.57. The minimum atomic E-state index is 0.222. The van der Waals surface area contributed by atoms with Crippen molar-refractivity contribution in [2.45, 2.75) is 12.8 Å². The summed E-state index contributed by atoms with van der Waals surface area (Å²) in [6.45, 7) is 2.07. The first kappa shape index (κ1) is 11.5. The number of carbonyl (C=O) groups excluding carboxylic acids is 1. The molecule has 0 bridgehead atoms. The van der Waals surface area contributed by atoms with Crippen LogP contribution in [-0.2, 0) is 10.7 Å². The lowest BCUT2D eigenvalue weighted by Gasteiger charge is -1.93. The van der Waals surface area contributed by atoms with Gasteiger partial charge in [0.1, 0.15) is 0 Å². The Morgan fingerprint density at radius 1 is 1.33 bits per heavy atom. The second-order valence-electron chi connectivity index (χ2n) is 2.21. The third-order valence-electron chi connectivity index (χ3n) is 1.27. The summed E-state index contributed by atoms with van der Waals surface area (Å²) in [6, 6.07) is 8.22. The molecule has 66 valence electrons. The fraction of sp³-hybridized carbons (Fsp3) is 0.222. The molecule has 0 heterocycles. The van der Waals surface area contributed by atoms with E-state index in [4.69, 9.17) is 16.4 Å². The Bertz CT molecular complexity index is 218. The van der Waals surface area contributed by atoms with E-state index in [1.807, 2.05) is 12.1 Å². The van der Waals surface area contributed by atoms with Crippen LogP contribution in [0.1, 0.15) is 11.1 Å². The van der Waals surface area contributed by atoms with E-state index in [0.717, 1.165) is 0 Å². The van der Waals surface area contributed by atoms with E-state index in [-0.39, 0.29) is 5.75 Å². The number of halogens is 2. The quantitative estimate of drug-likeness (QED) is 0.391. The number of hydrogen-bond acceptors (Lipinski definition) is 1. The predicted molar refractivity (Wildman–Crippen MR) is 53.3 cm³/mol. The first-order chi connectivity index (χ1) is 5.74. The molecule has 1 aromatic rings. The number of alkyl halides is 1. The molecule has 0 aliphatic heterocycles. The van der Waals surface area contributed by atoms with Gasteiger partial charge in [-0.1, -0.05) is 29.8 Å². The van der Waals surface area contributed by atoms with Crippen LogP contribution in [0.25, 0.3) is 0 Å². The van der Waals surface area contributed by atoms with Crippen LogP contribution in [0.15, 0.2) is 24.3 Å². The van der Waals surface area contributed by atoms with Crippen molar-refractivity contribution in [3.63, 3.8) is 0 Å². The zero-order valence-corrected chi connectivity index (χ0v) is 8.27. The van der Waals surface area contributed by atoms with Gasteiger partial charge in [0.2, 0.25) is 5.75 Å². The Kier molecular flexibility index (Phi) is 6.82. The maximum absolute atomic E-state index is 8.57. The molecule has 0 aromatic heterocycles. The van der Waals surface area contributed by atoms with Gasteiger partial charge in [-0.15, -0.1) is 11.6 Å². The largest absolute Gasteiger partial charge is 0.285 e. The molecule has 0 aliphatic rings. The third kappa shape index (κ3) is 5.16. The standard InChI is InChI=1S/C8H9Cl.CHClO/c1-7-2-4-8(6-9)5-3-7;2-1-3/h2-5H,6H2,1H3;1H. The van der Waals surface area contributed by atoms with Gasteiger partial charge in [0, 0.05) is 5.88 Å². The van der Waals surface area contributed by atoms with Gasteiger partial charge in [-0.2, -0.15) is 0 Å². The van der Waals surface area contributed by atoms with Crippen molar-refractivity contribution >= 4 is 28.9 Å². The lowest BCUT2D eigenvalue weighted by atomic mass is 10.2. The summed E-state index contributed by atoms with van der Waals surface area (Å²) in [5.74, 6) is 0.834. The van der Waals surface area contributed by atoms with E-state index >= 15 is 0 Å². The molecule has 1 rings (SSSR count). The van der Waals surface area contributed by atoms with Crippen LogP contribution >= 0.6 is 23.2 Å². The highest BCUT2D eigenvalue weighted by atomic mass is 35.5. The van der Waals surface area contributed by atoms with Crippen LogP contribution in [0.3, 0.4) is 0 Å². The number of hydrogen-bond donors (Lipinski definition) is 0. The minimum Gasteiger partial charge on any atom is -0.285 e. The Morgan fingerprint density at radius 3 is 2.08 bits per heavy atom. The Balaban J connectivity index is 0.000000354. The lowest BCUT2D eigenvalue weighted by Crippen LogP contribution is -1.75. The van der Waals surface area contributed by atoms with Crippen LogP contribution in [0.4, 0.5) is 0 Å². The molecular weight excluding hydrogens is 195 g/mol. The van der Waals surface area contributed by atoms with Crippen molar-refractivity contribution in [3.05, 3.63) is 35.4 Å². The van der Waals surface area contributed by atoms with Gasteiger partial charge in [-0.05, 0) is 24.1 Å². The van der Waals surface area contributed by atoms with Crippen LogP contribution in [-0.4, -0.2) is 5.75 Å². The monoisotopic (exact) mass is 204 g/mol. The zero-order chi connectivity index (χ0) is 9.40. The van der Waals surface area contributed by atoms with Gasteiger partial charge in [0.05, 0.1) is 0 Å². The van der Waals surface area contributed by atoms with E-state index in [9.17, 15) is 0 Å². The molecule has 0 saturated heterocycles. The van der Waals surface area contributed by atoms with Crippen LogP contribution in [0.5, 0.6) is 0 Å². The lowest BCUT2D eigenvalue weighted by molar-refractivity contribution is 0.569. The normalized spacial score (nSPS) is 8.25. The summed E-state index contributed by atoms with van der Waals surface area (Å²) in [4.78, 5) is 8.57. The van der Waals surface area contributed by atoms with Crippen molar-refractivity contribution in [2.24, 2.45) is 0 Å². The molecule has 12 heavy (non-hydrogen) atoms. The SMILES string of the molecule is Cc1ccc(CCl)cc1.O=CCl. The van der Waals surface area contributed by atoms with Crippen molar-refractivity contribution in [2.75, 3.05) is 0 Å². The molecule has 0 spiro atoms. The molecule has 0 radical (unpaired) electrons. The van der Waals surface area contributed by atoms with Gasteiger partial charge in [0.25, 0.3) is 0 Å². The molecule has 0 fully saturated rings. The first-order valence-corrected chi connectivity index (χ1v) is 4.37. The summed E-state index contributed by atoms with van der Waals surface area (Å²) in [6.07, 6.45) is 0. The van der Waals surface area contributed by atoms with E-state index in [2.05, 4.69) is 30.7 Å². The highest BCUT2D eigenvalue weighted by Gasteiger charge is 1.86. The second-order valence-corrected chi connectivity index (χ2v) is 2.65. The minimum absolute atomic E-state index is 0.222. The fourth-order valence-corrected chi connectivity index (χ4v) is 0.855. The van der Waals surface area contributed by atoms with Crippen LogP contribution in [0, 0.1) is 6.92 Å². The predicted octanol–water partition coefficient (Wildman–Crippen LogP) is 3.15. The zero-order valence-electron chi connectivity index (χ0n) is 6.76. The van der Waals surface area contributed by atoms with Gasteiger partial charge in [-0.25, -0.2) is 0 Å². The van der Waals surface area contributed by atoms with Crippen LogP contribution < -0.4 is 0 Å². The number of rotatable bonds is 1. The van der Waals surface area contributed by atoms with Crippen molar-refractivity contribution in [1.82, 2.24) is 0 Å². The summed E-state index contributed by atoms with van der Waals surface area (Å²) in [7, 11) is 0. The number of benzene rings is 1. The van der Waals surface area contributed by atoms with Gasteiger partial charge in [-0.3, -0.25) is 4.79 Å². The first-order valence-electron chi connectivity index (χ1n) is 3.40. The Hall–Kier alpha value is -0.530.